The zero-order valence-electron chi connectivity index (χ0n) is 13.1. The third-order valence-corrected chi connectivity index (χ3v) is 4.39. The first-order valence-corrected chi connectivity index (χ1v) is 8.49. The summed E-state index contributed by atoms with van der Waals surface area (Å²) < 4.78 is 0.892. The van der Waals surface area contributed by atoms with Gasteiger partial charge in [-0.1, -0.05) is 40.5 Å². The van der Waals surface area contributed by atoms with Crippen LogP contribution in [0.15, 0.2) is 10.7 Å². The van der Waals surface area contributed by atoms with Crippen LogP contribution >= 0.6 is 15.9 Å². The fourth-order valence-electron chi connectivity index (χ4n) is 2.76. The Morgan fingerprint density at radius 3 is 2.45 bits per heavy atom. The summed E-state index contributed by atoms with van der Waals surface area (Å²) >= 11 is 3.53. The van der Waals surface area contributed by atoms with Crippen molar-refractivity contribution >= 4 is 21.7 Å². The van der Waals surface area contributed by atoms with Gasteiger partial charge in [0.25, 0.3) is 0 Å². The lowest BCUT2D eigenvalue weighted by atomic mass is 9.92. The summed E-state index contributed by atoms with van der Waals surface area (Å²) in [5, 5.41) is 0. The van der Waals surface area contributed by atoms with Crippen LogP contribution in [0, 0.1) is 5.92 Å². The highest BCUT2D eigenvalue weighted by molar-refractivity contribution is 9.10. The minimum absolute atomic E-state index is 0.0148. The number of halogens is 1. The van der Waals surface area contributed by atoms with E-state index in [4.69, 9.17) is 4.98 Å². The molecule has 0 aromatic carbocycles. The molecule has 3 nitrogen and oxygen atoms in total. The van der Waals surface area contributed by atoms with Gasteiger partial charge in [-0.05, 0) is 34.7 Å². The molecule has 0 saturated carbocycles. The number of nitrogens with zero attached hydrogens (tertiary/aromatic N) is 3. The summed E-state index contributed by atoms with van der Waals surface area (Å²) in [6.45, 7) is 11.0. The molecular formula is C16H26BrN3. The third-order valence-electron chi connectivity index (χ3n) is 3.99. The zero-order valence-corrected chi connectivity index (χ0v) is 14.7. The van der Waals surface area contributed by atoms with Gasteiger partial charge in [-0.15, -0.1) is 0 Å². The van der Waals surface area contributed by atoms with Gasteiger partial charge in [0, 0.05) is 24.6 Å². The van der Waals surface area contributed by atoms with Crippen molar-refractivity contribution in [2.24, 2.45) is 5.92 Å². The van der Waals surface area contributed by atoms with Crippen LogP contribution in [0.25, 0.3) is 0 Å². The van der Waals surface area contributed by atoms with E-state index in [1.165, 1.54) is 25.7 Å². The standard InChI is InChI=1S/C16H26BrN3/c1-5-6-12-7-9-20(10-8-12)14-11-13(17)18-15(19-14)16(2,3)4/h11-12H,5-10H2,1-4H3. The Morgan fingerprint density at radius 1 is 1.25 bits per heavy atom. The maximum Gasteiger partial charge on any atom is 0.137 e. The summed E-state index contributed by atoms with van der Waals surface area (Å²) in [6.07, 6.45) is 5.26. The normalized spacial score (nSPS) is 17.6. The van der Waals surface area contributed by atoms with Crippen molar-refractivity contribution < 1.29 is 0 Å². The van der Waals surface area contributed by atoms with Gasteiger partial charge in [0.1, 0.15) is 16.2 Å². The molecule has 1 aliphatic heterocycles. The molecule has 0 amide bonds. The topological polar surface area (TPSA) is 29.0 Å². The smallest absolute Gasteiger partial charge is 0.137 e. The molecule has 2 heterocycles. The van der Waals surface area contributed by atoms with Gasteiger partial charge in [0.15, 0.2) is 0 Å². The molecule has 0 atom stereocenters. The monoisotopic (exact) mass is 339 g/mol. The highest BCUT2D eigenvalue weighted by atomic mass is 79.9. The van der Waals surface area contributed by atoms with Crippen molar-refractivity contribution in [3.05, 3.63) is 16.5 Å². The Labute approximate surface area is 131 Å². The second-order valence-electron chi connectivity index (χ2n) is 6.84. The molecule has 1 aromatic heterocycles. The van der Waals surface area contributed by atoms with Crippen molar-refractivity contribution in [3.63, 3.8) is 0 Å². The Balaban J connectivity index is 2.12. The highest BCUT2D eigenvalue weighted by Crippen LogP contribution is 2.28. The summed E-state index contributed by atoms with van der Waals surface area (Å²) in [7, 11) is 0. The maximum absolute atomic E-state index is 4.78. The van der Waals surface area contributed by atoms with E-state index in [1.807, 2.05) is 0 Å². The van der Waals surface area contributed by atoms with Gasteiger partial charge in [0.05, 0.1) is 0 Å². The summed E-state index contributed by atoms with van der Waals surface area (Å²) in [5.41, 5.74) is -0.0148. The predicted octanol–water partition coefficient (Wildman–Crippen LogP) is 4.55. The zero-order chi connectivity index (χ0) is 14.8. The third kappa shape index (κ3) is 3.94. The molecule has 0 N–H and O–H groups in total. The molecule has 20 heavy (non-hydrogen) atoms. The molecule has 112 valence electrons. The van der Waals surface area contributed by atoms with Crippen LogP contribution in [-0.2, 0) is 5.41 Å². The fraction of sp³-hybridized carbons (Fsp3) is 0.750. The molecule has 1 aliphatic rings. The van der Waals surface area contributed by atoms with Gasteiger partial charge in [-0.2, -0.15) is 0 Å². The van der Waals surface area contributed by atoms with Gasteiger partial charge in [-0.3, -0.25) is 0 Å². The molecule has 4 heteroatoms. The van der Waals surface area contributed by atoms with Crippen LogP contribution in [0.4, 0.5) is 5.82 Å². The molecule has 0 unspecified atom stereocenters. The van der Waals surface area contributed by atoms with Crippen molar-refractivity contribution in [1.29, 1.82) is 0 Å². The van der Waals surface area contributed by atoms with Crippen molar-refractivity contribution in [2.75, 3.05) is 18.0 Å². The average Bonchev–Trinajstić information content (AvgIpc) is 2.38. The number of rotatable bonds is 3. The number of hydrogen-bond donors (Lipinski definition) is 0. The van der Waals surface area contributed by atoms with Gasteiger partial charge >= 0.3 is 0 Å². The first-order chi connectivity index (χ1) is 9.40. The van der Waals surface area contributed by atoms with Gasteiger partial charge < -0.3 is 4.90 Å². The second kappa shape index (κ2) is 6.42. The predicted molar refractivity (Wildman–Crippen MR) is 88.3 cm³/mol. The Kier molecular flexibility index (Phi) is 5.05. The van der Waals surface area contributed by atoms with E-state index < -0.39 is 0 Å². The van der Waals surface area contributed by atoms with Crippen molar-refractivity contribution in [1.82, 2.24) is 9.97 Å². The quantitative estimate of drug-likeness (QED) is 0.756. The lowest BCUT2D eigenvalue weighted by molar-refractivity contribution is 0.376. The number of aromatic nitrogens is 2. The summed E-state index contributed by atoms with van der Waals surface area (Å²) in [5.74, 6) is 2.90. The van der Waals surface area contributed by atoms with Crippen LogP contribution < -0.4 is 4.90 Å². The minimum Gasteiger partial charge on any atom is -0.356 e. The van der Waals surface area contributed by atoms with E-state index in [0.717, 1.165) is 35.3 Å². The molecule has 2 rings (SSSR count). The van der Waals surface area contributed by atoms with E-state index in [-0.39, 0.29) is 5.41 Å². The van der Waals surface area contributed by atoms with E-state index in [2.05, 4.69) is 59.6 Å². The highest BCUT2D eigenvalue weighted by Gasteiger charge is 2.23. The molecule has 0 bridgehead atoms. The summed E-state index contributed by atoms with van der Waals surface area (Å²) in [6, 6.07) is 2.05. The number of anilines is 1. The molecule has 0 aliphatic carbocycles. The second-order valence-corrected chi connectivity index (χ2v) is 7.65. The van der Waals surface area contributed by atoms with Crippen LogP contribution in [0.3, 0.4) is 0 Å². The van der Waals surface area contributed by atoms with Crippen LogP contribution in [0.2, 0.25) is 0 Å². The van der Waals surface area contributed by atoms with E-state index in [1.54, 1.807) is 0 Å². The Hall–Kier alpha value is -0.640. The molecule has 0 spiro atoms. The number of piperidine rings is 1. The van der Waals surface area contributed by atoms with E-state index >= 15 is 0 Å². The molecule has 1 saturated heterocycles. The Bertz CT molecular complexity index is 446. The van der Waals surface area contributed by atoms with Crippen LogP contribution in [0.1, 0.15) is 59.2 Å². The van der Waals surface area contributed by atoms with Gasteiger partial charge in [-0.25, -0.2) is 9.97 Å². The lowest BCUT2D eigenvalue weighted by Crippen LogP contribution is -2.34. The van der Waals surface area contributed by atoms with Crippen molar-refractivity contribution in [2.45, 2.75) is 58.8 Å². The first kappa shape index (κ1) is 15.7. The first-order valence-electron chi connectivity index (χ1n) is 7.70. The molecule has 0 radical (unpaired) electrons. The average molecular weight is 340 g/mol. The fourth-order valence-corrected chi connectivity index (χ4v) is 3.13. The Morgan fingerprint density at radius 2 is 1.90 bits per heavy atom. The van der Waals surface area contributed by atoms with Gasteiger partial charge in [0.2, 0.25) is 0 Å². The largest absolute Gasteiger partial charge is 0.356 e. The minimum atomic E-state index is -0.0148. The van der Waals surface area contributed by atoms with Crippen LogP contribution in [0.5, 0.6) is 0 Å². The van der Waals surface area contributed by atoms with E-state index in [0.29, 0.717) is 0 Å². The molecular weight excluding hydrogens is 314 g/mol. The lowest BCUT2D eigenvalue weighted by Gasteiger charge is -2.33. The SMILES string of the molecule is CCCC1CCN(c2cc(Br)nc(C(C)(C)C)n2)CC1. The van der Waals surface area contributed by atoms with E-state index in [9.17, 15) is 0 Å². The molecule has 1 fully saturated rings. The van der Waals surface area contributed by atoms with Crippen molar-refractivity contribution in [3.8, 4) is 0 Å². The maximum atomic E-state index is 4.78. The number of hydrogen-bond acceptors (Lipinski definition) is 3. The molecule has 1 aromatic rings. The summed E-state index contributed by atoms with van der Waals surface area (Å²) in [4.78, 5) is 11.7. The van der Waals surface area contributed by atoms with Crippen LogP contribution in [-0.4, -0.2) is 23.1 Å².